The van der Waals surface area contributed by atoms with Crippen LogP contribution < -0.4 is 10.1 Å². The summed E-state index contributed by atoms with van der Waals surface area (Å²) in [6.07, 6.45) is 4.03. The lowest BCUT2D eigenvalue weighted by Crippen LogP contribution is -2.41. The third kappa shape index (κ3) is 5.50. The summed E-state index contributed by atoms with van der Waals surface area (Å²) in [6.45, 7) is 3.25. The second-order valence-corrected chi connectivity index (χ2v) is 8.74. The molecule has 0 saturated carbocycles. The van der Waals surface area contributed by atoms with E-state index in [2.05, 4.69) is 10.2 Å². The number of benzene rings is 2. The Morgan fingerprint density at radius 1 is 0.935 bits per heavy atom. The van der Waals surface area contributed by atoms with Crippen molar-refractivity contribution in [2.75, 3.05) is 26.2 Å². The molecule has 1 N–H and O–H groups in total. The molecule has 0 bridgehead atoms. The molecule has 2 aliphatic heterocycles. The summed E-state index contributed by atoms with van der Waals surface area (Å²) in [5.74, 6) is 1.02. The lowest BCUT2D eigenvalue weighted by molar-refractivity contribution is -0.127. The van der Waals surface area contributed by atoms with Crippen LogP contribution in [-0.2, 0) is 11.2 Å². The number of piperidine rings is 1. The number of urea groups is 1. The van der Waals surface area contributed by atoms with E-state index in [0.29, 0.717) is 34.5 Å². The van der Waals surface area contributed by atoms with E-state index in [-0.39, 0.29) is 11.9 Å². The average Bonchev–Trinajstić information content (AvgIpc) is 3.03. The van der Waals surface area contributed by atoms with Crippen LogP contribution >= 0.6 is 23.2 Å². The number of rotatable bonds is 7. The van der Waals surface area contributed by atoms with Crippen molar-refractivity contribution in [2.24, 2.45) is 0 Å². The number of nitrogens with zero attached hydrogens (tertiary/aromatic N) is 2. The number of hydrogen-bond acceptors (Lipinski definition) is 4. The first-order valence-corrected chi connectivity index (χ1v) is 11.3. The second kappa shape index (κ2) is 9.90. The minimum absolute atomic E-state index is 0.169. The van der Waals surface area contributed by atoms with E-state index >= 15 is 0 Å². The van der Waals surface area contributed by atoms with Gasteiger partial charge in [0.05, 0.1) is 10.0 Å². The molecule has 3 amide bonds. The van der Waals surface area contributed by atoms with Crippen molar-refractivity contribution in [2.45, 2.75) is 31.7 Å². The molecule has 164 valence electrons. The van der Waals surface area contributed by atoms with E-state index in [1.165, 1.54) is 24.2 Å². The van der Waals surface area contributed by atoms with Crippen LogP contribution in [-0.4, -0.2) is 54.0 Å². The Kier molecular flexibility index (Phi) is 7.00. The summed E-state index contributed by atoms with van der Waals surface area (Å²) in [6, 6.07) is 11.6. The molecule has 31 heavy (non-hydrogen) atoms. The highest BCUT2D eigenvalue weighted by Gasteiger charge is 2.37. The predicted octanol–water partition coefficient (Wildman–Crippen LogP) is 4.73. The van der Waals surface area contributed by atoms with E-state index in [0.717, 1.165) is 25.2 Å². The molecule has 4 rings (SSSR count). The third-order valence-electron chi connectivity index (χ3n) is 5.66. The van der Waals surface area contributed by atoms with Crippen LogP contribution in [0.15, 0.2) is 42.5 Å². The molecule has 8 heteroatoms. The number of ether oxygens (including phenoxy) is 1. The van der Waals surface area contributed by atoms with Crippen molar-refractivity contribution in [3.05, 3.63) is 58.1 Å². The topological polar surface area (TPSA) is 61.9 Å². The lowest BCUT2D eigenvalue weighted by atomic mass is 10.1. The van der Waals surface area contributed by atoms with Crippen LogP contribution in [0, 0.1) is 0 Å². The Bertz CT molecular complexity index is 963. The van der Waals surface area contributed by atoms with Crippen LogP contribution in [0.2, 0.25) is 10.0 Å². The van der Waals surface area contributed by atoms with Crippen LogP contribution in [0.3, 0.4) is 0 Å². The molecule has 2 heterocycles. The van der Waals surface area contributed by atoms with E-state index < -0.39 is 6.04 Å². The van der Waals surface area contributed by atoms with Crippen LogP contribution in [0.1, 0.15) is 24.8 Å². The van der Waals surface area contributed by atoms with E-state index in [1.807, 2.05) is 24.3 Å². The maximum atomic E-state index is 12.8. The number of amides is 3. The zero-order chi connectivity index (χ0) is 21.8. The molecule has 2 fully saturated rings. The minimum Gasteiger partial charge on any atom is -0.457 e. The zero-order valence-corrected chi connectivity index (χ0v) is 18.7. The van der Waals surface area contributed by atoms with Crippen molar-refractivity contribution in [3.8, 4) is 11.5 Å². The molecule has 0 radical (unpaired) electrons. The number of likely N-dealkylation sites (tertiary alicyclic amines) is 1. The maximum Gasteiger partial charge on any atom is 0.324 e. The third-order valence-corrected chi connectivity index (χ3v) is 6.40. The van der Waals surface area contributed by atoms with Gasteiger partial charge in [-0.3, -0.25) is 9.69 Å². The highest BCUT2D eigenvalue weighted by molar-refractivity contribution is 6.42. The van der Waals surface area contributed by atoms with E-state index in [9.17, 15) is 9.59 Å². The van der Waals surface area contributed by atoms with Gasteiger partial charge in [-0.25, -0.2) is 4.79 Å². The van der Waals surface area contributed by atoms with Gasteiger partial charge in [0.25, 0.3) is 5.91 Å². The summed E-state index contributed by atoms with van der Waals surface area (Å²) >= 11 is 12.0. The number of halogens is 2. The largest absolute Gasteiger partial charge is 0.457 e. The van der Waals surface area contributed by atoms with Gasteiger partial charge in [-0.15, -0.1) is 0 Å². The second-order valence-electron chi connectivity index (χ2n) is 7.92. The molecule has 2 aromatic rings. The molecular formula is C23H25Cl2N3O3. The van der Waals surface area contributed by atoms with Gasteiger partial charge in [-0.2, -0.15) is 0 Å². The molecular weight excluding hydrogens is 437 g/mol. The Labute approximate surface area is 192 Å². The van der Waals surface area contributed by atoms with Gasteiger partial charge < -0.3 is 15.0 Å². The minimum atomic E-state index is -0.561. The summed E-state index contributed by atoms with van der Waals surface area (Å²) in [5, 5.41) is 3.70. The molecule has 2 saturated heterocycles. The van der Waals surface area contributed by atoms with Crippen molar-refractivity contribution < 1.29 is 14.3 Å². The molecule has 1 unspecified atom stereocenters. The number of nitrogens with one attached hydrogen (secondary N) is 1. The fourth-order valence-electron chi connectivity index (χ4n) is 4.00. The maximum absolute atomic E-state index is 12.8. The van der Waals surface area contributed by atoms with Gasteiger partial charge in [0.1, 0.15) is 17.5 Å². The van der Waals surface area contributed by atoms with Gasteiger partial charge in [0, 0.05) is 25.6 Å². The van der Waals surface area contributed by atoms with E-state index in [1.54, 1.807) is 18.2 Å². The standard InChI is InChI=1S/C23H25Cl2N3O3/c24-19-8-7-18(15-20(19)25)31-17-6-4-5-16(13-17)14-21-22(29)28(23(30)26-21)12-11-27-9-2-1-3-10-27/h4-8,13,15,21H,1-3,9-12,14H2,(H,26,30). The fraction of sp³-hybridized carbons (Fsp3) is 0.391. The molecule has 2 aliphatic rings. The molecule has 2 aromatic carbocycles. The van der Waals surface area contributed by atoms with Gasteiger partial charge in [0.2, 0.25) is 0 Å². The Morgan fingerprint density at radius 2 is 1.71 bits per heavy atom. The highest BCUT2D eigenvalue weighted by atomic mass is 35.5. The van der Waals surface area contributed by atoms with Crippen LogP contribution in [0.4, 0.5) is 4.79 Å². The molecule has 0 aliphatic carbocycles. The normalized spacial score (nSPS) is 19.5. The lowest BCUT2D eigenvalue weighted by Gasteiger charge is -2.27. The van der Waals surface area contributed by atoms with Crippen LogP contribution in [0.5, 0.6) is 11.5 Å². The number of hydrogen-bond donors (Lipinski definition) is 1. The van der Waals surface area contributed by atoms with Gasteiger partial charge in [-0.05, 0) is 55.8 Å². The van der Waals surface area contributed by atoms with Gasteiger partial charge in [0.15, 0.2) is 0 Å². The van der Waals surface area contributed by atoms with E-state index in [4.69, 9.17) is 27.9 Å². The number of carbonyl (C=O) groups excluding carboxylic acids is 2. The SMILES string of the molecule is O=C1NC(Cc2cccc(Oc3ccc(Cl)c(Cl)c3)c2)C(=O)N1CCN1CCCCC1. The summed E-state index contributed by atoms with van der Waals surface area (Å²) in [7, 11) is 0. The average molecular weight is 462 g/mol. The Balaban J connectivity index is 1.36. The summed E-state index contributed by atoms with van der Waals surface area (Å²) in [5.41, 5.74) is 0.897. The quantitative estimate of drug-likeness (QED) is 0.605. The summed E-state index contributed by atoms with van der Waals surface area (Å²) in [4.78, 5) is 28.8. The Morgan fingerprint density at radius 3 is 2.48 bits per heavy atom. The van der Waals surface area contributed by atoms with Crippen LogP contribution in [0.25, 0.3) is 0 Å². The van der Waals surface area contributed by atoms with Gasteiger partial charge in [-0.1, -0.05) is 41.8 Å². The summed E-state index contributed by atoms with van der Waals surface area (Å²) < 4.78 is 5.86. The number of carbonyl (C=O) groups is 2. The van der Waals surface area contributed by atoms with Crippen molar-refractivity contribution in [3.63, 3.8) is 0 Å². The smallest absolute Gasteiger partial charge is 0.324 e. The van der Waals surface area contributed by atoms with Crippen molar-refractivity contribution in [1.29, 1.82) is 0 Å². The monoisotopic (exact) mass is 461 g/mol. The molecule has 1 atom stereocenters. The first-order valence-electron chi connectivity index (χ1n) is 10.6. The molecule has 0 spiro atoms. The Hall–Kier alpha value is -2.28. The first kappa shape index (κ1) is 21.9. The van der Waals surface area contributed by atoms with Crippen molar-refractivity contribution in [1.82, 2.24) is 15.1 Å². The first-order chi connectivity index (χ1) is 15.0. The van der Waals surface area contributed by atoms with Crippen molar-refractivity contribution >= 4 is 35.1 Å². The predicted molar refractivity (Wildman–Crippen MR) is 121 cm³/mol. The number of imide groups is 1. The van der Waals surface area contributed by atoms with Gasteiger partial charge >= 0.3 is 6.03 Å². The fourth-order valence-corrected chi connectivity index (χ4v) is 4.29. The zero-order valence-electron chi connectivity index (χ0n) is 17.2. The molecule has 0 aromatic heterocycles. The highest BCUT2D eigenvalue weighted by Crippen LogP contribution is 2.30. The molecule has 6 nitrogen and oxygen atoms in total.